The average Bonchev–Trinajstić information content (AvgIpc) is 3.34. The van der Waals surface area contributed by atoms with E-state index < -0.39 is 26.8 Å². The number of rotatable bonds is 3. The molecule has 2 heteroatoms. The summed E-state index contributed by atoms with van der Waals surface area (Å²) in [7, 11) is 0. The molecule has 2 aliphatic carbocycles. The van der Waals surface area contributed by atoms with E-state index in [1.54, 1.807) is 16.7 Å². The van der Waals surface area contributed by atoms with E-state index >= 15 is 0 Å². The van der Waals surface area contributed by atoms with E-state index in [-0.39, 0.29) is 10.8 Å². The van der Waals surface area contributed by atoms with E-state index in [2.05, 4.69) is 121 Å². The molecule has 175 valence electrons. The Kier molecular flexibility index (Phi) is 6.10. The van der Waals surface area contributed by atoms with Crippen LogP contribution in [0.25, 0.3) is 17.2 Å². The second-order valence-corrected chi connectivity index (χ2v) is 32.3. The summed E-state index contributed by atoms with van der Waals surface area (Å²) in [6, 6.07) is 21.7. The Morgan fingerprint density at radius 2 is 1.47 bits per heavy atom. The first-order valence-electron chi connectivity index (χ1n) is 12.9. The maximum atomic E-state index is 2.69. The average molecular weight is 543 g/mol. The van der Waals surface area contributed by atoms with Crippen molar-refractivity contribution < 1.29 is 20.9 Å². The van der Waals surface area contributed by atoms with E-state index in [1.807, 2.05) is 3.27 Å². The molecule has 0 saturated carbocycles. The van der Waals surface area contributed by atoms with E-state index in [4.69, 9.17) is 0 Å². The molecular weight excluding hydrogens is 504 g/mol. The predicted octanol–water partition coefficient (Wildman–Crippen LogP) is 7.85. The van der Waals surface area contributed by atoms with Crippen LogP contribution in [0.3, 0.4) is 0 Å². The number of benzene rings is 3. The normalized spacial score (nSPS) is 16.6. The standard InChI is InChI=1S/C21H25.C9H7.C2H7Si.Zr/c1-20(2,3)16-9-7-14-11-15-8-10-17(21(4,5)6)13-19(15)18(14)12-16;1-2-5-9-7-3-6-8(9)4-1;1-3-2;/h7,9-10,12-13H,11H2,1-6H3;1-7H;3H,1-2H3;. The van der Waals surface area contributed by atoms with Gasteiger partial charge in [0.05, 0.1) is 0 Å². The zero-order chi connectivity index (χ0) is 24.4. The Labute approximate surface area is 215 Å². The van der Waals surface area contributed by atoms with Crippen LogP contribution in [0.15, 0.2) is 60.7 Å². The van der Waals surface area contributed by atoms with Crippen LogP contribution >= 0.6 is 0 Å². The molecule has 0 N–H and O–H groups in total. The molecule has 1 atom stereocenters. The first kappa shape index (κ1) is 24.2. The zero-order valence-corrected chi connectivity index (χ0v) is 25.8. The zero-order valence-electron chi connectivity index (χ0n) is 22.2. The van der Waals surface area contributed by atoms with Gasteiger partial charge in [-0.15, -0.1) is 0 Å². The minimum absolute atomic E-state index is 0.157. The van der Waals surface area contributed by atoms with Gasteiger partial charge in [-0.1, -0.05) is 0 Å². The molecule has 0 bridgehead atoms. The van der Waals surface area contributed by atoms with Gasteiger partial charge in [0.25, 0.3) is 0 Å². The fraction of sp³-hybridized carbons (Fsp3) is 0.375. The van der Waals surface area contributed by atoms with Gasteiger partial charge in [0.2, 0.25) is 0 Å². The molecule has 0 aromatic heterocycles. The fourth-order valence-corrected chi connectivity index (χ4v) is 25.5. The second-order valence-electron chi connectivity index (χ2n) is 12.7. The van der Waals surface area contributed by atoms with Crippen molar-refractivity contribution in [1.82, 2.24) is 0 Å². The molecule has 0 fully saturated rings. The predicted molar refractivity (Wildman–Crippen MR) is 149 cm³/mol. The van der Waals surface area contributed by atoms with Gasteiger partial charge in [-0.25, -0.2) is 0 Å². The molecule has 0 aliphatic heterocycles. The van der Waals surface area contributed by atoms with Gasteiger partial charge in [0.15, 0.2) is 0 Å². The van der Waals surface area contributed by atoms with E-state index in [9.17, 15) is 0 Å². The van der Waals surface area contributed by atoms with Crippen LogP contribution in [0.2, 0.25) is 13.1 Å². The maximum absolute atomic E-state index is 2.69. The summed E-state index contributed by atoms with van der Waals surface area (Å²) in [6.45, 7) is 19.5. The van der Waals surface area contributed by atoms with Gasteiger partial charge in [-0.2, -0.15) is 0 Å². The van der Waals surface area contributed by atoms with Crippen molar-refractivity contribution in [1.29, 1.82) is 0 Å². The summed E-state index contributed by atoms with van der Waals surface area (Å²) in [5.74, 6) is -0.823. The first-order chi connectivity index (χ1) is 15.9. The molecule has 3 aromatic carbocycles. The van der Waals surface area contributed by atoms with E-state index in [0.29, 0.717) is 3.63 Å². The molecule has 0 heterocycles. The van der Waals surface area contributed by atoms with Crippen molar-refractivity contribution in [2.75, 3.05) is 0 Å². The van der Waals surface area contributed by atoms with Crippen molar-refractivity contribution in [2.24, 2.45) is 0 Å². The molecule has 34 heavy (non-hydrogen) atoms. The molecule has 3 aromatic rings. The third-order valence-corrected chi connectivity index (χ3v) is 27.7. The van der Waals surface area contributed by atoms with Crippen molar-refractivity contribution in [3.05, 3.63) is 94.1 Å². The summed E-state index contributed by atoms with van der Waals surface area (Å²) in [6.07, 6.45) is 6.12. The van der Waals surface area contributed by atoms with Crippen LogP contribution in [0.5, 0.6) is 0 Å². The minimum atomic E-state index is -1.99. The van der Waals surface area contributed by atoms with Gasteiger partial charge in [0, 0.05) is 0 Å². The summed E-state index contributed by atoms with van der Waals surface area (Å²) < 4.78 is 2.52. The Balaban J connectivity index is 1.73. The molecule has 2 aliphatic rings. The van der Waals surface area contributed by atoms with Crippen molar-refractivity contribution in [3.63, 3.8) is 0 Å². The number of hydrogen-bond donors (Lipinski definition) is 0. The monoisotopic (exact) mass is 541 g/mol. The summed E-state index contributed by atoms with van der Waals surface area (Å²) >= 11 is -1.99. The summed E-state index contributed by atoms with van der Waals surface area (Å²) in [4.78, 5) is 0. The molecule has 0 saturated heterocycles. The molecule has 0 spiro atoms. The van der Waals surface area contributed by atoms with E-state index in [1.165, 1.54) is 27.8 Å². The SMILES string of the molecule is C[SiH](C)[Zr]([c]1cc(C(C)(C)C)cc2c1Cc1ccc(C(C)(C)C)cc1-2)[CH]1C=Cc2ccccc21. The first-order valence-corrected chi connectivity index (χ1v) is 22.7. The van der Waals surface area contributed by atoms with Crippen LogP contribution in [-0.4, -0.2) is 5.92 Å². The molecule has 0 amide bonds. The molecule has 5 rings (SSSR count). The van der Waals surface area contributed by atoms with Crippen LogP contribution in [0.1, 0.15) is 78.5 Å². The van der Waals surface area contributed by atoms with Crippen LogP contribution in [0.4, 0.5) is 0 Å². The molecule has 0 radical (unpaired) electrons. The van der Waals surface area contributed by atoms with Crippen LogP contribution in [-0.2, 0) is 38.2 Å². The Morgan fingerprint density at radius 3 is 2.15 bits per heavy atom. The summed E-state index contributed by atoms with van der Waals surface area (Å²) in [5.41, 5.74) is 12.6. The van der Waals surface area contributed by atoms with Crippen molar-refractivity contribution >= 4 is 15.3 Å². The van der Waals surface area contributed by atoms with Crippen molar-refractivity contribution in [3.8, 4) is 11.1 Å². The molecule has 1 unspecified atom stereocenters. The molecular formula is C32H39SiZr. The second kappa shape index (κ2) is 8.56. The van der Waals surface area contributed by atoms with Gasteiger partial charge < -0.3 is 0 Å². The van der Waals surface area contributed by atoms with Crippen LogP contribution in [0, 0.1) is 0 Å². The van der Waals surface area contributed by atoms with E-state index in [0.717, 1.165) is 6.42 Å². The Bertz CT molecular complexity index is 1280. The summed E-state index contributed by atoms with van der Waals surface area (Å²) in [5, 5.41) is 0. The number of allylic oxidation sites excluding steroid dienone is 1. The topological polar surface area (TPSA) is 0 Å². The van der Waals surface area contributed by atoms with Crippen molar-refractivity contribution in [2.45, 2.75) is 75.5 Å². The quantitative estimate of drug-likeness (QED) is 0.231. The van der Waals surface area contributed by atoms with Gasteiger partial charge >= 0.3 is 217 Å². The third kappa shape index (κ3) is 4.20. The van der Waals surface area contributed by atoms with Gasteiger partial charge in [-0.05, 0) is 0 Å². The van der Waals surface area contributed by atoms with Crippen LogP contribution < -0.4 is 3.27 Å². The van der Waals surface area contributed by atoms with Gasteiger partial charge in [-0.3, -0.25) is 0 Å². The fourth-order valence-electron chi connectivity index (χ4n) is 5.79. The Hall–Kier alpha value is -1.50. The number of fused-ring (bicyclic) bond motifs is 4. The number of hydrogen-bond acceptors (Lipinski definition) is 0. The van der Waals surface area contributed by atoms with Gasteiger partial charge in [0.1, 0.15) is 0 Å². The third-order valence-electron chi connectivity index (χ3n) is 7.82. The molecule has 0 nitrogen and oxygen atoms in total. The Morgan fingerprint density at radius 1 is 0.794 bits per heavy atom.